The lowest BCUT2D eigenvalue weighted by molar-refractivity contribution is 0.660. The molecule has 9 rings (SSSR count). The molecule has 238 valence electrons. The highest BCUT2D eigenvalue weighted by atomic mass is 15.1. The van der Waals surface area contributed by atoms with Crippen LogP contribution in [0.1, 0.15) is 25.0 Å². The van der Waals surface area contributed by atoms with Gasteiger partial charge in [-0.15, -0.1) is 0 Å². The fourth-order valence-corrected chi connectivity index (χ4v) is 7.82. The molecule has 8 aromatic carbocycles. The summed E-state index contributed by atoms with van der Waals surface area (Å²) in [6, 6.07) is 68.5. The molecule has 1 aliphatic rings. The fourth-order valence-electron chi connectivity index (χ4n) is 7.82. The molecule has 0 bridgehead atoms. The molecule has 50 heavy (non-hydrogen) atoms. The fraction of sp³-hybridized carbons (Fsp3) is 0.0612. The summed E-state index contributed by atoms with van der Waals surface area (Å²) in [5.41, 5.74) is 16.1. The highest BCUT2D eigenvalue weighted by molar-refractivity contribution is 5.97. The minimum atomic E-state index is -0.152. The van der Waals surface area contributed by atoms with Gasteiger partial charge >= 0.3 is 0 Å². The Balaban J connectivity index is 1.08. The van der Waals surface area contributed by atoms with Crippen molar-refractivity contribution in [2.75, 3.05) is 4.90 Å². The first kappa shape index (κ1) is 29.9. The molecule has 8 aromatic rings. The molecule has 1 aliphatic carbocycles. The molecule has 0 aromatic heterocycles. The van der Waals surface area contributed by atoms with Gasteiger partial charge in [-0.1, -0.05) is 159 Å². The van der Waals surface area contributed by atoms with E-state index < -0.39 is 0 Å². The number of anilines is 3. The molecule has 0 aliphatic heterocycles. The number of hydrogen-bond donors (Lipinski definition) is 0. The molecule has 0 heterocycles. The predicted octanol–water partition coefficient (Wildman–Crippen LogP) is 13.6. The zero-order chi connectivity index (χ0) is 33.7. The van der Waals surface area contributed by atoms with Crippen LogP contribution in [0.3, 0.4) is 0 Å². The maximum Gasteiger partial charge on any atom is 0.0465 e. The Hall–Kier alpha value is -6.18. The first-order chi connectivity index (χ1) is 24.5. The zero-order valence-corrected chi connectivity index (χ0v) is 28.3. The molecule has 0 amide bonds. The Morgan fingerprint density at radius 1 is 0.340 bits per heavy atom. The smallest absolute Gasteiger partial charge is 0.0465 e. The van der Waals surface area contributed by atoms with E-state index in [1.807, 2.05) is 0 Å². The van der Waals surface area contributed by atoms with Crippen molar-refractivity contribution in [1.82, 2.24) is 0 Å². The van der Waals surface area contributed by atoms with Crippen molar-refractivity contribution < 1.29 is 0 Å². The van der Waals surface area contributed by atoms with Crippen LogP contribution in [0.4, 0.5) is 17.1 Å². The minimum Gasteiger partial charge on any atom is -0.310 e. The lowest BCUT2D eigenvalue weighted by Crippen LogP contribution is -2.16. The number of benzene rings is 8. The van der Waals surface area contributed by atoms with Gasteiger partial charge in [-0.3, -0.25) is 0 Å². The zero-order valence-electron chi connectivity index (χ0n) is 28.3. The van der Waals surface area contributed by atoms with Gasteiger partial charge in [-0.05, 0) is 109 Å². The van der Waals surface area contributed by atoms with Gasteiger partial charge in [0.15, 0.2) is 0 Å². The van der Waals surface area contributed by atoms with Crippen LogP contribution in [0.2, 0.25) is 0 Å². The summed E-state index contributed by atoms with van der Waals surface area (Å²) in [6.45, 7) is 4.74. The highest BCUT2D eigenvalue weighted by Gasteiger charge is 2.36. The van der Waals surface area contributed by atoms with E-state index in [0.29, 0.717) is 0 Å². The van der Waals surface area contributed by atoms with Crippen molar-refractivity contribution in [1.29, 1.82) is 0 Å². The van der Waals surface area contributed by atoms with Gasteiger partial charge in [0.2, 0.25) is 0 Å². The Morgan fingerprint density at radius 3 is 1.58 bits per heavy atom. The van der Waals surface area contributed by atoms with Gasteiger partial charge in [-0.2, -0.15) is 0 Å². The maximum atomic E-state index is 2.41. The van der Waals surface area contributed by atoms with Crippen molar-refractivity contribution in [3.8, 4) is 44.5 Å². The van der Waals surface area contributed by atoms with Crippen molar-refractivity contribution >= 4 is 27.8 Å². The third-order valence-electron chi connectivity index (χ3n) is 10.5. The monoisotopic (exact) mass is 639 g/mol. The molecule has 1 heteroatoms. The number of fused-ring (bicyclic) bond motifs is 4. The van der Waals surface area contributed by atoms with Crippen molar-refractivity contribution in [2.45, 2.75) is 19.3 Å². The third-order valence-corrected chi connectivity index (χ3v) is 10.5. The van der Waals surface area contributed by atoms with Crippen LogP contribution in [0, 0.1) is 0 Å². The molecule has 0 spiro atoms. The summed E-state index contributed by atoms with van der Waals surface area (Å²) in [5, 5.41) is 2.53. The molecule has 1 nitrogen and oxygen atoms in total. The van der Waals surface area contributed by atoms with Crippen LogP contribution in [0.25, 0.3) is 55.3 Å². The van der Waals surface area contributed by atoms with E-state index in [1.54, 1.807) is 0 Å². The van der Waals surface area contributed by atoms with Gasteiger partial charge in [0.1, 0.15) is 0 Å². The number of hydrogen-bond acceptors (Lipinski definition) is 1. The van der Waals surface area contributed by atoms with Gasteiger partial charge in [0, 0.05) is 22.5 Å². The average molecular weight is 640 g/mol. The summed E-state index contributed by atoms with van der Waals surface area (Å²) in [7, 11) is 0. The quantitative estimate of drug-likeness (QED) is 0.175. The first-order valence-electron chi connectivity index (χ1n) is 17.4. The average Bonchev–Trinajstić information content (AvgIpc) is 3.41. The second-order valence-corrected chi connectivity index (χ2v) is 13.8. The van der Waals surface area contributed by atoms with Crippen LogP contribution < -0.4 is 4.90 Å². The van der Waals surface area contributed by atoms with Crippen LogP contribution in [-0.2, 0) is 5.41 Å². The molecule has 0 saturated carbocycles. The molecule has 0 N–H and O–H groups in total. The largest absolute Gasteiger partial charge is 0.310 e. The van der Waals surface area contributed by atoms with Crippen LogP contribution in [-0.4, -0.2) is 0 Å². The second-order valence-electron chi connectivity index (χ2n) is 13.8. The van der Waals surface area contributed by atoms with Gasteiger partial charge in [0.05, 0.1) is 0 Å². The molecule has 0 saturated heterocycles. The van der Waals surface area contributed by atoms with Gasteiger partial charge in [-0.25, -0.2) is 0 Å². The molecular weight excluding hydrogens is 603 g/mol. The van der Waals surface area contributed by atoms with E-state index in [1.165, 1.54) is 66.4 Å². The third kappa shape index (κ3) is 5.11. The van der Waals surface area contributed by atoms with E-state index in [0.717, 1.165) is 17.1 Å². The lowest BCUT2D eigenvalue weighted by atomic mass is 9.81. The SMILES string of the molecule is CC1(C)c2cc(-c3ccc(-c4ccccc4)cc3)ccc2-c2ccc(N(c3ccccc3)c3ccc(-c4cccc5ccccc45)cc3)cc21. The Morgan fingerprint density at radius 2 is 0.840 bits per heavy atom. The van der Waals surface area contributed by atoms with E-state index in [9.17, 15) is 0 Å². The topological polar surface area (TPSA) is 3.24 Å². The molecule has 0 atom stereocenters. The first-order valence-corrected chi connectivity index (χ1v) is 17.4. The van der Waals surface area contributed by atoms with E-state index >= 15 is 0 Å². The number of nitrogens with zero attached hydrogens (tertiary/aromatic N) is 1. The summed E-state index contributed by atoms with van der Waals surface area (Å²) >= 11 is 0. The van der Waals surface area contributed by atoms with Gasteiger partial charge < -0.3 is 4.90 Å². The Labute approximate surface area is 294 Å². The summed E-state index contributed by atoms with van der Waals surface area (Å²) < 4.78 is 0. The minimum absolute atomic E-state index is 0.152. The Bertz CT molecular complexity index is 2470. The standard InChI is InChI=1S/C49H37N/c1-49(2)47-32-39(36-22-20-35(21-23-36)34-12-5-3-6-13-34)26-30-45(47)46-31-29-42(33-48(46)49)50(40-16-7-4-8-17-40)41-27-24-38(25-28-41)44-19-11-15-37-14-9-10-18-43(37)44/h3-33H,1-2H3. The van der Waals surface area contributed by atoms with Gasteiger partial charge in [0.25, 0.3) is 0 Å². The number of para-hydroxylation sites is 1. The van der Waals surface area contributed by atoms with E-state index in [2.05, 4.69) is 207 Å². The van der Waals surface area contributed by atoms with Crippen molar-refractivity contribution in [3.05, 3.63) is 199 Å². The summed E-state index contributed by atoms with van der Waals surface area (Å²) in [5.74, 6) is 0. The van der Waals surface area contributed by atoms with Crippen LogP contribution in [0.5, 0.6) is 0 Å². The van der Waals surface area contributed by atoms with Crippen molar-refractivity contribution in [3.63, 3.8) is 0 Å². The predicted molar refractivity (Wildman–Crippen MR) is 213 cm³/mol. The van der Waals surface area contributed by atoms with Crippen molar-refractivity contribution in [2.24, 2.45) is 0 Å². The summed E-state index contributed by atoms with van der Waals surface area (Å²) in [4.78, 5) is 2.38. The molecular formula is C49H37N. The normalized spacial score (nSPS) is 12.8. The number of rotatable bonds is 6. The summed E-state index contributed by atoms with van der Waals surface area (Å²) in [6.07, 6.45) is 0. The van der Waals surface area contributed by atoms with Crippen LogP contribution in [0.15, 0.2) is 188 Å². The molecule has 0 radical (unpaired) electrons. The second kappa shape index (κ2) is 12.1. The van der Waals surface area contributed by atoms with Crippen LogP contribution >= 0.6 is 0 Å². The highest BCUT2D eigenvalue weighted by Crippen LogP contribution is 2.51. The maximum absolute atomic E-state index is 2.41. The Kier molecular flexibility index (Phi) is 7.21. The molecule has 0 unspecified atom stereocenters. The van der Waals surface area contributed by atoms with E-state index in [4.69, 9.17) is 0 Å². The molecule has 0 fully saturated rings. The lowest BCUT2D eigenvalue weighted by Gasteiger charge is -2.28. The van der Waals surface area contributed by atoms with E-state index in [-0.39, 0.29) is 5.41 Å².